The van der Waals surface area contributed by atoms with Crippen LogP contribution in [-0.4, -0.2) is 12.3 Å². The molecule has 5 nitrogen and oxygen atoms in total. The van der Waals surface area contributed by atoms with E-state index in [2.05, 4.69) is 4.99 Å². The van der Waals surface area contributed by atoms with Crippen molar-refractivity contribution >= 4 is 27.9 Å². The van der Waals surface area contributed by atoms with Crippen LogP contribution in [0.5, 0.6) is 5.75 Å². The molecule has 0 saturated heterocycles. The number of hydrogen-bond acceptors (Lipinski definition) is 5. The van der Waals surface area contributed by atoms with Crippen molar-refractivity contribution in [1.82, 2.24) is 0 Å². The number of methoxy groups -OCH3 is 1. The Morgan fingerprint density at radius 3 is 2.74 bits per heavy atom. The van der Waals surface area contributed by atoms with E-state index < -0.39 is 0 Å². The maximum atomic E-state index is 11.9. The molecular formula is C21H22N2O3S. The molecule has 1 heterocycles. The summed E-state index contributed by atoms with van der Waals surface area (Å²) in [5.74, 6) is 1.34. The Labute approximate surface area is 162 Å². The fraction of sp³-hybridized carbons (Fsp3) is 0.238. The van der Waals surface area contributed by atoms with Gasteiger partial charge in [-0.05, 0) is 36.6 Å². The summed E-state index contributed by atoms with van der Waals surface area (Å²) in [6, 6.07) is 13.3. The second-order valence-corrected chi connectivity index (χ2v) is 7.23. The summed E-state index contributed by atoms with van der Waals surface area (Å²) >= 11 is 1.40. The molecule has 6 heteroatoms. The van der Waals surface area contributed by atoms with Gasteiger partial charge < -0.3 is 14.9 Å². The second kappa shape index (κ2) is 8.31. The van der Waals surface area contributed by atoms with Crippen LogP contribution >= 0.6 is 11.8 Å². The lowest BCUT2D eigenvalue weighted by Crippen LogP contribution is -2.09. The average molecular weight is 382 g/mol. The van der Waals surface area contributed by atoms with Crippen molar-refractivity contribution in [3.8, 4) is 5.75 Å². The van der Waals surface area contributed by atoms with Gasteiger partial charge in [0, 0.05) is 22.8 Å². The Bertz CT molecular complexity index is 1060. The van der Waals surface area contributed by atoms with Gasteiger partial charge in [-0.3, -0.25) is 4.99 Å². The van der Waals surface area contributed by atoms with Gasteiger partial charge in [0.2, 0.25) is 0 Å². The largest absolute Gasteiger partial charge is 0.496 e. The monoisotopic (exact) mass is 382 g/mol. The molecule has 2 aromatic carbocycles. The molecule has 3 rings (SSSR count). The SMILES string of the molecule is COc1ccccc1CN=C(N)SCc1cc(=O)oc2c(C)c(C)ccc12. The van der Waals surface area contributed by atoms with E-state index in [-0.39, 0.29) is 5.63 Å². The smallest absolute Gasteiger partial charge is 0.336 e. The van der Waals surface area contributed by atoms with Crippen LogP contribution in [0.2, 0.25) is 0 Å². The van der Waals surface area contributed by atoms with Crippen LogP contribution in [0.1, 0.15) is 22.3 Å². The van der Waals surface area contributed by atoms with E-state index in [1.165, 1.54) is 17.8 Å². The molecule has 0 saturated carbocycles. The molecule has 0 aliphatic heterocycles. The minimum Gasteiger partial charge on any atom is -0.496 e. The Morgan fingerprint density at radius 1 is 1.19 bits per heavy atom. The van der Waals surface area contributed by atoms with Gasteiger partial charge in [0.15, 0.2) is 5.17 Å². The zero-order chi connectivity index (χ0) is 19.4. The lowest BCUT2D eigenvalue weighted by Gasteiger charge is -2.09. The summed E-state index contributed by atoms with van der Waals surface area (Å²) in [5.41, 5.74) is 10.3. The van der Waals surface area contributed by atoms with E-state index in [4.69, 9.17) is 14.9 Å². The molecule has 0 atom stereocenters. The number of para-hydroxylation sites is 1. The first-order chi connectivity index (χ1) is 13.0. The van der Waals surface area contributed by atoms with Crippen LogP contribution in [0.4, 0.5) is 0 Å². The zero-order valence-corrected chi connectivity index (χ0v) is 16.4. The minimum atomic E-state index is -0.351. The summed E-state index contributed by atoms with van der Waals surface area (Å²) in [6.45, 7) is 4.40. The topological polar surface area (TPSA) is 77.8 Å². The van der Waals surface area contributed by atoms with Gasteiger partial charge in [-0.1, -0.05) is 42.1 Å². The number of ether oxygens (including phenoxy) is 1. The third-order valence-corrected chi connectivity index (χ3v) is 5.37. The normalized spacial score (nSPS) is 11.7. The highest BCUT2D eigenvalue weighted by Crippen LogP contribution is 2.26. The molecule has 140 valence electrons. The molecule has 3 aromatic rings. The van der Waals surface area contributed by atoms with Gasteiger partial charge >= 0.3 is 5.63 Å². The van der Waals surface area contributed by atoms with Crippen molar-refractivity contribution in [2.75, 3.05) is 7.11 Å². The summed E-state index contributed by atoms with van der Waals surface area (Å²) < 4.78 is 10.7. The Hall–Kier alpha value is -2.73. The van der Waals surface area contributed by atoms with Crippen molar-refractivity contribution in [1.29, 1.82) is 0 Å². The highest BCUT2D eigenvalue weighted by molar-refractivity contribution is 8.13. The Kier molecular flexibility index (Phi) is 5.86. The lowest BCUT2D eigenvalue weighted by molar-refractivity contribution is 0.410. The van der Waals surface area contributed by atoms with Gasteiger partial charge in [0.1, 0.15) is 11.3 Å². The van der Waals surface area contributed by atoms with E-state index in [1.54, 1.807) is 7.11 Å². The molecule has 0 radical (unpaired) electrons. The molecular weight excluding hydrogens is 360 g/mol. The van der Waals surface area contributed by atoms with Crippen molar-refractivity contribution in [2.24, 2.45) is 10.7 Å². The van der Waals surface area contributed by atoms with Crippen molar-refractivity contribution < 1.29 is 9.15 Å². The molecule has 0 aliphatic carbocycles. The number of aryl methyl sites for hydroxylation is 2. The van der Waals surface area contributed by atoms with Crippen LogP contribution < -0.4 is 16.1 Å². The van der Waals surface area contributed by atoms with Crippen molar-refractivity contribution in [2.45, 2.75) is 26.1 Å². The average Bonchev–Trinajstić information content (AvgIpc) is 2.67. The number of nitrogens with two attached hydrogens (primary N) is 1. The second-order valence-electron chi connectivity index (χ2n) is 6.23. The predicted molar refractivity (Wildman–Crippen MR) is 112 cm³/mol. The predicted octanol–water partition coefficient (Wildman–Crippen LogP) is 4.17. The Balaban J connectivity index is 1.78. The van der Waals surface area contributed by atoms with E-state index in [9.17, 15) is 4.79 Å². The fourth-order valence-electron chi connectivity index (χ4n) is 2.84. The molecule has 1 aromatic heterocycles. The van der Waals surface area contributed by atoms with E-state index in [1.807, 2.05) is 50.2 Å². The summed E-state index contributed by atoms with van der Waals surface area (Å²) in [6.07, 6.45) is 0. The summed E-state index contributed by atoms with van der Waals surface area (Å²) in [5, 5.41) is 1.40. The summed E-state index contributed by atoms with van der Waals surface area (Å²) in [7, 11) is 1.64. The first-order valence-corrected chi connectivity index (χ1v) is 9.55. The maximum Gasteiger partial charge on any atom is 0.336 e. The molecule has 0 spiro atoms. The highest BCUT2D eigenvalue weighted by Gasteiger charge is 2.10. The molecule has 0 fully saturated rings. The molecule has 0 aliphatic rings. The number of rotatable bonds is 5. The van der Waals surface area contributed by atoms with Gasteiger partial charge in [-0.2, -0.15) is 0 Å². The standard InChI is InChI=1S/C21H22N2O3S/c1-13-8-9-17-16(10-19(24)26-20(17)14(13)2)12-27-21(22)23-11-15-6-4-5-7-18(15)25-3/h4-10H,11-12H2,1-3H3,(H2,22,23). The van der Waals surface area contributed by atoms with Crippen molar-refractivity contribution in [3.63, 3.8) is 0 Å². The third-order valence-electron chi connectivity index (χ3n) is 4.49. The number of benzene rings is 2. The van der Waals surface area contributed by atoms with Crippen LogP contribution in [0.3, 0.4) is 0 Å². The molecule has 0 amide bonds. The van der Waals surface area contributed by atoms with Gasteiger partial charge in [0.05, 0.1) is 13.7 Å². The third kappa shape index (κ3) is 4.34. The molecule has 27 heavy (non-hydrogen) atoms. The van der Waals surface area contributed by atoms with E-state index in [0.29, 0.717) is 23.0 Å². The van der Waals surface area contributed by atoms with Crippen LogP contribution in [0.15, 0.2) is 56.7 Å². The van der Waals surface area contributed by atoms with Gasteiger partial charge in [0.25, 0.3) is 0 Å². The fourth-order valence-corrected chi connectivity index (χ4v) is 3.54. The molecule has 0 bridgehead atoms. The first-order valence-electron chi connectivity index (χ1n) is 8.57. The van der Waals surface area contributed by atoms with Gasteiger partial charge in [-0.15, -0.1) is 0 Å². The maximum absolute atomic E-state index is 11.9. The Morgan fingerprint density at radius 2 is 1.96 bits per heavy atom. The number of nitrogens with zero attached hydrogens (tertiary/aromatic N) is 1. The van der Waals surface area contributed by atoms with Crippen LogP contribution in [0, 0.1) is 13.8 Å². The quantitative estimate of drug-likeness (QED) is 0.407. The summed E-state index contributed by atoms with van der Waals surface area (Å²) in [4.78, 5) is 16.4. The number of hydrogen-bond donors (Lipinski definition) is 1. The van der Waals surface area contributed by atoms with Crippen LogP contribution in [-0.2, 0) is 12.3 Å². The number of thioether (sulfide) groups is 1. The lowest BCUT2D eigenvalue weighted by atomic mass is 10.0. The van der Waals surface area contributed by atoms with E-state index >= 15 is 0 Å². The van der Waals surface area contributed by atoms with E-state index in [0.717, 1.165) is 33.4 Å². The molecule has 2 N–H and O–H groups in total. The first kappa shape index (κ1) is 19.0. The number of fused-ring (bicyclic) bond motifs is 1. The highest BCUT2D eigenvalue weighted by atomic mass is 32.2. The zero-order valence-electron chi connectivity index (χ0n) is 15.6. The molecule has 0 unspecified atom stereocenters. The van der Waals surface area contributed by atoms with Crippen LogP contribution in [0.25, 0.3) is 11.0 Å². The number of amidine groups is 1. The van der Waals surface area contributed by atoms with Gasteiger partial charge in [-0.25, -0.2) is 4.79 Å². The number of aliphatic imine (C=N–C) groups is 1. The minimum absolute atomic E-state index is 0.351. The van der Waals surface area contributed by atoms with Crippen molar-refractivity contribution in [3.05, 3.63) is 75.1 Å².